The van der Waals surface area contributed by atoms with Crippen molar-refractivity contribution in [2.75, 3.05) is 6.61 Å². The zero-order chi connectivity index (χ0) is 28.5. The van der Waals surface area contributed by atoms with Gasteiger partial charge in [-0.2, -0.15) is 23.5 Å². The van der Waals surface area contributed by atoms with E-state index in [0.29, 0.717) is 16.9 Å². The van der Waals surface area contributed by atoms with Gasteiger partial charge in [0.25, 0.3) is 11.5 Å². The van der Waals surface area contributed by atoms with Crippen LogP contribution in [0.1, 0.15) is 41.2 Å². The molecular weight excluding hydrogens is 513 g/mol. The third-order valence-corrected chi connectivity index (χ3v) is 5.93. The number of alkyl halides is 3. The summed E-state index contributed by atoms with van der Waals surface area (Å²) >= 11 is 0. The highest BCUT2D eigenvalue weighted by atomic mass is 19.4. The van der Waals surface area contributed by atoms with Crippen LogP contribution in [0.4, 0.5) is 13.2 Å². The van der Waals surface area contributed by atoms with E-state index < -0.39 is 41.0 Å². The summed E-state index contributed by atoms with van der Waals surface area (Å²) in [7, 11) is 0. The Morgan fingerprint density at radius 2 is 1.79 bits per heavy atom. The number of amides is 1. The van der Waals surface area contributed by atoms with Crippen molar-refractivity contribution < 1.29 is 23.1 Å². The van der Waals surface area contributed by atoms with Crippen molar-refractivity contribution in [2.24, 2.45) is 0 Å². The third-order valence-electron chi connectivity index (χ3n) is 5.93. The fraction of sp³-hybridized carbons (Fsp3) is 0.222. The Morgan fingerprint density at radius 1 is 1.10 bits per heavy atom. The van der Waals surface area contributed by atoms with E-state index in [2.05, 4.69) is 15.4 Å². The molecule has 4 aromatic rings. The van der Waals surface area contributed by atoms with Gasteiger partial charge in [-0.1, -0.05) is 6.07 Å². The maximum Gasteiger partial charge on any atom is 0.416 e. The number of benzene rings is 2. The Hall–Kier alpha value is -4.76. The van der Waals surface area contributed by atoms with Gasteiger partial charge in [-0.3, -0.25) is 14.2 Å². The number of aliphatic hydroxyl groups excluding tert-OH is 1. The summed E-state index contributed by atoms with van der Waals surface area (Å²) in [4.78, 5) is 31.1. The van der Waals surface area contributed by atoms with Crippen molar-refractivity contribution in [3.05, 3.63) is 93.7 Å². The molecule has 0 saturated carbocycles. The summed E-state index contributed by atoms with van der Waals surface area (Å²) in [5.74, 6) is -0.912. The molecule has 2 N–H and O–H groups in total. The SMILES string of the molecule is Cc1c(-c2ccnn2-c2ccc(C#N)cc2)nc(C(=O)NC(C)(C)CO)c(=O)n1-c1cccc(C(F)(F)F)c1. The molecule has 1 amide bonds. The van der Waals surface area contributed by atoms with E-state index in [-0.39, 0.29) is 17.1 Å². The first-order valence-electron chi connectivity index (χ1n) is 11.7. The normalized spacial score (nSPS) is 11.7. The summed E-state index contributed by atoms with van der Waals surface area (Å²) in [6.45, 7) is 4.13. The highest BCUT2D eigenvalue weighted by molar-refractivity contribution is 5.93. The molecule has 2 heterocycles. The van der Waals surface area contributed by atoms with Crippen LogP contribution in [0, 0.1) is 18.3 Å². The van der Waals surface area contributed by atoms with E-state index in [1.807, 2.05) is 6.07 Å². The van der Waals surface area contributed by atoms with Crippen LogP contribution in [0.5, 0.6) is 0 Å². The number of aromatic nitrogens is 4. The maximum atomic E-state index is 13.6. The number of carbonyl (C=O) groups excluding carboxylic acids is 1. The van der Waals surface area contributed by atoms with Gasteiger partial charge in [-0.05, 0) is 69.3 Å². The minimum atomic E-state index is -4.66. The molecule has 9 nitrogen and oxygen atoms in total. The number of nitriles is 1. The number of hydrogen-bond donors (Lipinski definition) is 2. The second kappa shape index (κ2) is 10.2. The van der Waals surface area contributed by atoms with Gasteiger partial charge in [0.1, 0.15) is 5.69 Å². The Morgan fingerprint density at radius 3 is 2.41 bits per heavy atom. The number of halogens is 3. The van der Waals surface area contributed by atoms with Crippen LogP contribution in [0.25, 0.3) is 22.8 Å². The summed E-state index contributed by atoms with van der Waals surface area (Å²) in [6, 6.07) is 14.2. The zero-order valence-electron chi connectivity index (χ0n) is 21.1. The highest BCUT2D eigenvalue weighted by Crippen LogP contribution is 2.31. The second-order valence-electron chi connectivity index (χ2n) is 9.37. The fourth-order valence-electron chi connectivity index (χ4n) is 3.90. The molecule has 0 saturated heterocycles. The van der Waals surface area contributed by atoms with Crippen molar-refractivity contribution in [1.82, 2.24) is 24.6 Å². The summed E-state index contributed by atoms with van der Waals surface area (Å²) in [5, 5.41) is 25.5. The van der Waals surface area contributed by atoms with Gasteiger partial charge in [0.15, 0.2) is 5.69 Å². The molecule has 0 unspecified atom stereocenters. The Balaban J connectivity index is 1.99. The molecule has 0 aliphatic heterocycles. The molecule has 200 valence electrons. The van der Waals surface area contributed by atoms with Crippen LogP contribution in [0.3, 0.4) is 0 Å². The average Bonchev–Trinajstić information content (AvgIpc) is 3.38. The molecule has 0 radical (unpaired) electrons. The van der Waals surface area contributed by atoms with Crippen molar-refractivity contribution >= 4 is 5.91 Å². The number of hydrogen-bond acceptors (Lipinski definition) is 6. The molecule has 0 bridgehead atoms. The van der Waals surface area contributed by atoms with Crippen LogP contribution in [0.15, 0.2) is 65.6 Å². The van der Waals surface area contributed by atoms with Crippen LogP contribution in [-0.2, 0) is 6.18 Å². The van der Waals surface area contributed by atoms with E-state index in [1.165, 1.54) is 43.8 Å². The van der Waals surface area contributed by atoms with Crippen molar-refractivity contribution in [1.29, 1.82) is 5.26 Å². The quantitative estimate of drug-likeness (QED) is 0.386. The standard InChI is InChI=1S/C27H23F3N6O3/c1-16-22(21-11-12-32-36(21)19-9-7-17(14-31)8-10-19)33-23(24(38)34-26(2,3)15-37)25(39)35(16)20-6-4-5-18(13-20)27(28,29)30/h4-13,37H,15H2,1-3H3,(H,34,38). The summed E-state index contributed by atoms with van der Waals surface area (Å²) < 4.78 is 42.9. The lowest BCUT2D eigenvalue weighted by Crippen LogP contribution is -2.48. The van der Waals surface area contributed by atoms with E-state index in [1.54, 1.807) is 30.3 Å². The topological polar surface area (TPSA) is 126 Å². The predicted octanol–water partition coefficient (Wildman–Crippen LogP) is 3.78. The van der Waals surface area contributed by atoms with Gasteiger partial charge in [0.2, 0.25) is 0 Å². The van der Waals surface area contributed by atoms with Crippen molar-refractivity contribution in [3.63, 3.8) is 0 Å². The number of nitrogens with one attached hydrogen (secondary N) is 1. The lowest BCUT2D eigenvalue weighted by molar-refractivity contribution is -0.137. The molecule has 39 heavy (non-hydrogen) atoms. The molecular formula is C27H23F3N6O3. The molecule has 2 aromatic heterocycles. The zero-order valence-corrected chi connectivity index (χ0v) is 21.1. The molecule has 0 atom stereocenters. The van der Waals surface area contributed by atoms with Crippen LogP contribution < -0.4 is 10.9 Å². The molecule has 0 aliphatic carbocycles. The Kier molecular flexibility index (Phi) is 7.12. The largest absolute Gasteiger partial charge is 0.416 e. The van der Waals surface area contributed by atoms with E-state index in [4.69, 9.17) is 5.26 Å². The number of rotatable bonds is 6. The molecule has 0 fully saturated rings. The van der Waals surface area contributed by atoms with Crippen molar-refractivity contribution in [3.8, 4) is 28.8 Å². The van der Waals surface area contributed by atoms with Gasteiger partial charge >= 0.3 is 6.18 Å². The summed E-state index contributed by atoms with van der Waals surface area (Å²) in [5.41, 5.74) is -2.14. The van der Waals surface area contributed by atoms with Crippen LogP contribution in [0.2, 0.25) is 0 Å². The van der Waals surface area contributed by atoms with E-state index in [0.717, 1.165) is 16.7 Å². The minimum Gasteiger partial charge on any atom is -0.394 e. The highest BCUT2D eigenvalue weighted by Gasteiger charge is 2.32. The van der Waals surface area contributed by atoms with Gasteiger partial charge in [-0.15, -0.1) is 0 Å². The van der Waals surface area contributed by atoms with Crippen LogP contribution >= 0.6 is 0 Å². The Labute approximate surface area is 220 Å². The number of aliphatic hydroxyl groups is 1. The van der Waals surface area contributed by atoms with E-state index >= 15 is 0 Å². The first-order valence-corrected chi connectivity index (χ1v) is 11.7. The molecule has 4 rings (SSSR count). The minimum absolute atomic E-state index is 0.112. The first kappa shape index (κ1) is 27.3. The third kappa shape index (κ3) is 5.44. The molecule has 2 aromatic carbocycles. The smallest absolute Gasteiger partial charge is 0.394 e. The van der Waals surface area contributed by atoms with Crippen molar-refractivity contribution in [2.45, 2.75) is 32.5 Å². The lowest BCUT2D eigenvalue weighted by atomic mass is 10.1. The molecule has 0 aliphatic rings. The number of carbonyl (C=O) groups is 1. The van der Waals surface area contributed by atoms with E-state index in [9.17, 15) is 27.9 Å². The molecule has 12 heteroatoms. The van der Waals surface area contributed by atoms with Gasteiger partial charge < -0.3 is 10.4 Å². The predicted molar refractivity (Wildman–Crippen MR) is 135 cm³/mol. The van der Waals surface area contributed by atoms with Gasteiger partial charge in [0, 0.05) is 5.69 Å². The monoisotopic (exact) mass is 536 g/mol. The fourth-order valence-corrected chi connectivity index (χ4v) is 3.90. The summed E-state index contributed by atoms with van der Waals surface area (Å²) in [6.07, 6.45) is -3.20. The van der Waals surface area contributed by atoms with Crippen LogP contribution in [-0.4, -0.2) is 42.5 Å². The van der Waals surface area contributed by atoms with Gasteiger partial charge in [0.05, 0.1) is 52.6 Å². The Bertz CT molecular complexity index is 1650. The van der Waals surface area contributed by atoms with Gasteiger partial charge in [-0.25, -0.2) is 9.67 Å². The molecule has 0 spiro atoms. The maximum absolute atomic E-state index is 13.6. The second-order valence-corrected chi connectivity index (χ2v) is 9.37. The first-order chi connectivity index (χ1) is 18.4. The average molecular weight is 537 g/mol. The lowest BCUT2D eigenvalue weighted by Gasteiger charge is -2.24. The number of nitrogens with zero attached hydrogens (tertiary/aromatic N) is 5.